The molecule has 1 aliphatic heterocycles. The number of aryl methyl sites for hydroxylation is 1. The number of benzene rings is 1. The molecule has 1 aromatic heterocycles. The molecule has 0 radical (unpaired) electrons. The number of nitrogen functional groups attached to an aromatic ring is 1. The van der Waals surface area contributed by atoms with Crippen molar-refractivity contribution in [2.24, 2.45) is 0 Å². The molecule has 2 aromatic rings. The highest BCUT2D eigenvalue weighted by Crippen LogP contribution is 2.23. The lowest BCUT2D eigenvalue weighted by Gasteiger charge is -2.39. The number of hydrogen-bond acceptors (Lipinski definition) is 5. The number of aromatic nitrogens is 1. The minimum atomic E-state index is 0.0815. The Kier molecular flexibility index (Phi) is 5.20. The first-order valence-corrected chi connectivity index (χ1v) is 8.60. The first-order valence-electron chi connectivity index (χ1n) is 8.60. The van der Waals surface area contributed by atoms with E-state index in [0.717, 1.165) is 55.4 Å². The van der Waals surface area contributed by atoms with Gasteiger partial charge < -0.3 is 15.4 Å². The van der Waals surface area contributed by atoms with Gasteiger partial charge in [-0.05, 0) is 37.1 Å². The zero-order valence-electron chi connectivity index (χ0n) is 14.5. The smallest absolute Gasteiger partial charge is 0.152 e. The van der Waals surface area contributed by atoms with Crippen molar-refractivity contribution >= 4 is 11.5 Å². The Morgan fingerprint density at radius 3 is 2.58 bits per heavy atom. The Balaban J connectivity index is 1.60. The molecule has 5 heteroatoms. The highest BCUT2D eigenvalue weighted by Gasteiger charge is 2.24. The van der Waals surface area contributed by atoms with E-state index in [1.54, 1.807) is 0 Å². The van der Waals surface area contributed by atoms with Crippen LogP contribution in [0.3, 0.4) is 0 Å². The van der Waals surface area contributed by atoms with Gasteiger partial charge in [0.15, 0.2) is 6.23 Å². The number of piperazine rings is 1. The minimum Gasteiger partial charge on any atom is -0.475 e. The van der Waals surface area contributed by atoms with Crippen LogP contribution in [0.4, 0.5) is 11.5 Å². The molecular weight excluding hydrogens is 300 g/mol. The number of pyridine rings is 1. The predicted octanol–water partition coefficient (Wildman–Crippen LogP) is 2.91. The molecule has 1 fully saturated rings. The van der Waals surface area contributed by atoms with Crippen LogP contribution in [-0.4, -0.2) is 42.3 Å². The summed E-state index contributed by atoms with van der Waals surface area (Å²) in [5, 5.41) is 0. The van der Waals surface area contributed by atoms with E-state index in [2.05, 4.69) is 27.8 Å². The number of hydrogen-bond donors (Lipinski definition) is 1. The van der Waals surface area contributed by atoms with Crippen LogP contribution in [0, 0.1) is 6.92 Å². The summed E-state index contributed by atoms with van der Waals surface area (Å²) in [4.78, 5) is 9.17. The zero-order chi connectivity index (χ0) is 16.9. The van der Waals surface area contributed by atoms with Gasteiger partial charge in [-0.3, -0.25) is 4.90 Å². The second-order valence-electron chi connectivity index (χ2n) is 6.21. The molecule has 0 aliphatic carbocycles. The van der Waals surface area contributed by atoms with E-state index >= 15 is 0 Å². The van der Waals surface area contributed by atoms with E-state index in [1.807, 2.05) is 43.5 Å². The fraction of sp³-hybridized carbons (Fsp3) is 0.421. The van der Waals surface area contributed by atoms with Crippen LogP contribution in [0.15, 0.2) is 42.6 Å². The van der Waals surface area contributed by atoms with Crippen molar-refractivity contribution in [1.82, 2.24) is 9.88 Å². The second kappa shape index (κ2) is 7.53. The zero-order valence-corrected chi connectivity index (χ0v) is 14.5. The van der Waals surface area contributed by atoms with Crippen molar-refractivity contribution in [2.75, 3.05) is 36.8 Å². The summed E-state index contributed by atoms with van der Waals surface area (Å²) in [5.74, 6) is 1.90. The van der Waals surface area contributed by atoms with Crippen molar-refractivity contribution in [3.8, 4) is 5.75 Å². The number of ether oxygens (including phenoxy) is 1. The monoisotopic (exact) mass is 326 g/mol. The number of nitrogens with two attached hydrogens (primary N) is 1. The van der Waals surface area contributed by atoms with Crippen molar-refractivity contribution in [1.29, 1.82) is 0 Å². The summed E-state index contributed by atoms with van der Waals surface area (Å²) in [6, 6.07) is 12.0. The molecule has 2 N–H and O–H groups in total. The van der Waals surface area contributed by atoms with Crippen molar-refractivity contribution < 1.29 is 4.74 Å². The molecule has 2 heterocycles. The highest BCUT2D eigenvalue weighted by atomic mass is 16.5. The van der Waals surface area contributed by atoms with Gasteiger partial charge in [0, 0.05) is 44.1 Å². The van der Waals surface area contributed by atoms with E-state index in [4.69, 9.17) is 10.5 Å². The van der Waals surface area contributed by atoms with Gasteiger partial charge in [-0.1, -0.05) is 19.1 Å². The SMILES string of the molecule is CCC(Oc1ccc(C)c(N)c1)N1CCN(c2ccccn2)CC1. The number of rotatable bonds is 5. The third-order valence-electron chi connectivity index (χ3n) is 4.57. The largest absolute Gasteiger partial charge is 0.475 e. The Labute approximate surface area is 144 Å². The van der Waals surface area contributed by atoms with E-state index in [9.17, 15) is 0 Å². The lowest BCUT2D eigenvalue weighted by atomic mass is 10.2. The van der Waals surface area contributed by atoms with Gasteiger partial charge in [0.05, 0.1) is 0 Å². The molecule has 1 atom stereocenters. The van der Waals surface area contributed by atoms with Crippen LogP contribution in [0.2, 0.25) is 0 Å². The molecule has 0 amide bonds. The Hall–Kier alpha value is -2.27. The van der Waals surface area contributed by atoms with Gasteiger partial charge in [-0.2, -0.15) is 0 Å². The Morgan fingerprint density at radius 1 is 1.17 bits per heavy atom. The summed E-state index contributed by atoms with van der Waals surface area (Å²) in [7, 11) is 0. The first-order chi connectivity index (χ1) is 11.7. The van der Waals surface area contributed by atoms with Crippen LogP contribution in [0.25, 0.3) is 0 Å². The van der Waals surface area contributed by atoms with Gasteiger partial charge in [-0.15, -0.1) is 0 Å². The molecular formula is C19H26N4O. The highest BCUT2D eigenvalue weighted by molar-refractivity contribution is 5.50. The van der Waals surface area contributed by atoms with Gasteiger partial charge in [-0.25, -0.2) is 4.98 Å². The average molecular weight is 326 g/mol. The molecule has 0 bridgehead atoms. The Bertz CT molecular complexity index is 654. The molecule has 1 saturated heterocycles. The van der Waals surface area contributed by atoms with Crippen molar-refractivity contribution in [3.63, 3.8) is 0 Å². The maximum absolute atomic E-state index is 6.19. The fourth-order valence-electron chi connectivity index (χ4n) is 3.04. The summed E-state index contributed by atoms with van der Waals surface area (Å²) in [6.07, 6.45) is 2.87. The van der Waals surface area contributed by atoms with Gasteiger partial charge in [0.1, 0.15) is 11.6 Å². The Morgan fingerprint density at radius 2 is 1.96 bits per heavy atom. The third-order valence-corrected chi connectivity index (χ3v) is 4.57. The van der Waals surface area contributed by atoms with E-state index in [-0.39, 0.29) is 6.23 Å². The quantitative estimate of drug-likeness (QED) is 0.856. The molecule has 0 saturated carbocycles. The van der Waals surface area contributed by atoms with Gasteiger partial charge >= 0.3 is 0 Å². The molecule has 0 spiro atoms. The predicted molar refractivity (Wildman–Crippen MR) is 98.3 cm³/mol. The van der Waals surface area contributed by atoms with Crippen molar-refractivity contribution in [2.45, 2.75) is 26.5 Å². The standard InChI is InChI=1S/C19H26N4O/c1-3-19(24-16-8-7-15(2)17(20)14-16)23-12-10-22(11-13-23)18-6-4-5-9-21-18/h4-9,14,19H,3,10-13,20H2,1-2H3. The second-order valence-corrected chi connectivity index (χ2v) is 6.21. The molecule has 5 nitrogen and oxygen atoms in total. The maximum Gasteiger partial charge on any atom is 0.152 e. The van der Waals surface area contributed by atoms with Crippen LogP contribution < -0.4 is 15.4 Å². The van der Waals surface area contributed by atoms with Crippen LogP contribution in [-0.2, 0) is 0 Å². The van der Waals surface area contributed by atoms with Crippen molar-refractivity contribution in [3.05, 3.63) is 48.2 Å². The van der Waals surface area contributed by atoms with Gasteiger partial charge in [0.25, 0.3) is 0 Å². The molecule has 1 aliphatic rings. The first kappa shape index (κ1) is 16.6. The molecule has 128 valence electrons. The average Bonchev–Trinajstić information content (AvgIpc) is 2.63. The van der Waals surface area contributed by atoms with E-state index in [1.165, 1.54) is 0 Å². The third kappa shape index (κ3) is 3.79. The van der Waals surface area contributed by atoms with Crippen LogP contribution in [0.1, 0.15) is 18.9 Å². The molecule has 1 unspecified atom stereocenters. The summed E-state index contributed by atoms with van der Waals surface area (Å²) in [6.45, 7) is 8.03. The topological polar surface area (TPSA) is 54.6 Å². The summed E-state index contributed by atoms with van der Waals surface area (Å²) < 4.78 is 6.19. The lowest BCUT2D eigenvalue weighted by molar-refractivity contribution is 0.0185. The normalized spacial score (nSPS) is 16.8. The van der Waals surface area contributed by atoms with Crippen LogP contribution >= 0.6 is 0 Å². The van der Waals surface area contributed by atoms with E-state index < -0.39 is 0 Å². The lowest BCUT2D eigenvalue weighted by Crippen LogP contribution is -2.52. The molecule has 1 aromatic carbocycles. The number of anilines is 2. The fourth-order valence-corrected chi connectivity index (χ4v) is 3.04. The van der Waals surface area contributed by atoms with E-state index in [0.29, 0.717) is 0 Å². The summed E-state index contributed by atoms with van der Waals surface area (Å²) >= 11 is 0. The molecule has 3 rings (SSSR count). The molecule has 24 heavy (non-hydrogen) atoms. The van der Waals surface area contributed by atoms with Crippen LogP contribution in [0.5, 0.6) is 5.75 Å². The summed E-state index contributed by atoms with van der Waals surface area (Å²) in [5.41, 5.74) is 7.85. The minimum absolute atomic E-state index is 0.0815. The number of nitrogens with zero attached hydrogens (tertiary/aromatic N) is 3. The maximum atomic E-state index is 6.19. The van der Waals surface area contributed by atoms with Gasteiger partial charge in [0.2, 0.25) is 0 Å².